The monoisotopic (exact) mass is 347 g/mol. The Morgan fingerprint density at radius 3 is 2.72 bits per heavy atom. The third kappa shape index (κ3) is 3.63. The van der Waals surface area contributed by atoms with E-state index >= 15 is 0 Å². The van der Waals surface area contributed by atoms with Gasteiger partial charge in [0.2, 0.25) is 0 Å². The summed E-state index contributed by atoms with van der Waals surface area (Å²) in [5.74, 6) is 1.47. The van der Waals surface area contributed by atoms with Gasteiger partial charge in [0, 0.05) is 19.5 Å². The second-order valence-electron chi connectivity index (χ2n) is 9.28. The van der Waals surface area contributed by atoms with Crippen LogP contribution in [0.15, 0.2) is 11.6 Å². The third-order valence-electron chi connectivity index (χ3n) is 6.16. The molecule has 0 radical (unpaired) electrons. The van der Waals surface area contributed by atoms with Crippen molar-refractivity contribution in [3.05, 3.63) is 11.6 Å². The van der Waals surface area contributed by atoms with Crippen LogP contribution in [-0.2, 0) is 9.53 Å². The van der Waals surface area contributed by atoms with Gasteiger partial charge in [0.25, 0.3) is 0 Å². The number of hydrogen-bond acceptors (Lipinski definition) is 3. The number of carbonyl (C=O) groups is 2. The smallest absolute Gasteiger partial charge is 0.410 e. The van der Waals surface area contributed by atoms with Crippen molar-refractivity contribution in [2.45, 2.75) is 78.2 Å². The fraction of sp³-hybridized carbons (Fsp3) is 0.810. The normalized spacial score (nSPS) is 33.5. The average molecular weight is 347 g/mol. The van der Waals surface area contributed by atoms with Crippen molar-refractivity contribution in [2.24, 2.45) is 17.3 Å². The number of allylic oxidation sites excluding steroid dienone is 2. The SMILES string of the molecule is CC1CC(=O)[C@]23CCCN(C(=O)OC(C)(C)C)CCCC2=CC[C@@H]3C1. The van der Waals surface area contributed by atoms with Crippen LogP contribution in [-0.4, -0.2) is 35.5 Å². The van der Waals surface area contributed by atoms with Gasteiger partial charge >= 0.3 is 6.09 Å². The Morgan fingerprint density at radius 1 is 1.28 bits per heavy atom. The lowest BCUT2D eigenvalue weighted by Gasteiger charge is -2.43. The van der Waals surface area contributed by atoms with Gasteiger partial charge in [-0.2, -0.15) is 0 Å². The Hall–Kier alpha value is -1.32. The molecule has 140 valence electrons. The first kappa shape index (κ1) is 18.5. The summed E-state index contributed by atoms with van der Waals surface area (Å²) in [4.78, 5) is 27.4. The summed E-state index contributed by atoms with van der Waals surface area (Å²) in [7, 11) is 0. The summed E-state index contributed by atoms with van der Waals surface area (Å²) in [5, 5.41) is 0. The van der Waals surface area contributed by atoms with Crippen LogP contribution in [0.5, 0.6) is 0 Å². The Balaban J connectivity index is 1.74. The summed E-state index contributed by atoms with van der Waals surface area (Å²) in [6.07, 6.45) is 8.74. The summed E-state index contributed by atoms with van der Waals surface area (Å²) in [6, 6.07) is 0. The summed E-state index contributed by atoms with van der Waals surface area (Å²) < 4.78 is 5.55. The molecule has 0 aromatic rings. The van der Waals surface area contributed by atoms with Gasteiger partial charge in [0.05, 0.1) is 5.41 Å². The first-order chi connectivity index (χ1) is 11.7. The maximum atomic E-state index is 13.1. The molecule has 0 aromatic heterocycles. The second kappa shape index (κ2) is 6.77. The van der Waals surface area contributed by atoms with E-state index in [2.05, 4.69) is 13.0 Å². The largest absolute Gasteiger partial charge is 0.444 e. The van der Waals surface area contributed by atoms with E-state index < -0.39 is 5.60 Å². The van der Waals surface area contributed by atoms with E-state index in [0.29, 0.717) is 24.2 Å². The van der Waals surface area contributed by atoms with Gasteiger partial charge in [0.15, 0.2) is 0 Å². The highest BCUT2D eigenvalue weighted by atomic mass is 16.6. The van der Waals surface area contributed by atoms with E-state index in [1.54, 1.807) is 0 Å². The van der Waals surface area contributed by atoms with E-state index in [-0.39, 0.29) is 11.5 Å². The molecule has 0 bridgehead atoms. The van der Waals surface area contributed by atoms with Crippen LogP contribution < -0.4 is 0 Å². The van der Waals surface area contributed by atoms with Gasteiger partial charge in [-0.3, -0.25) is 4.79 Å². The quantitative estimate of drug-likeness (QED) is 0.595. The molecule has 1 spiro atoms. The summed E-state index contributed by atoms with van der Waals surface area (Å²) in [6.45, 7) is 9.34. The molecule has 1 saturated carbocycles. The molecular formula is C21H33NO3. The van der Waals surface area contributed by atoms with Crippen LogP contribution in [0.1, 0.15) is 72.6 Å². The maximum Gasteiger partial charge on any atom is 0.410 e. The number of ether oxygens (including phenoxy) is 1. The molecule has 1 heterocycles. The Labute approximate surface area is 152 Å². The van der Waals surface area contributed by atoms with Crippen LogP contribution in [0.4, 0.5) is 4.79 Å². The van der Waals surface area contributed by atoms with Crippen molar-refractivity contribution in [2.75, 3.05) is 13.1 Å². The van der Waals surface area contributed by atoms with Gasteiger partial charge in [0.1, 0.15) is 11.4 Å². The molecule has 1 unspecified atom stereocenters. The predicted octanol–water partition coefficient (Wildman–Crippen LogP) is 4.73. The standard InChI is InChI=1S/C21H33NO3/c1-15-13-17-9-8-16-7-5-11-22(19(24)25-20(2,3)4)12-6-10-21(16,17)18(23)14-15/h8,15,17H,5-7,9-14H2,1-4H3/t15?,17-,21-/m1/s1. The van der Waals surface area contributed by atoms with Crippen LogP contribution in [0.25, 0.3) is 0 Å². The zero-order valence-corrected chi connectivity index (χ0v) is 16.3. The van der Waals surface area contributed by atoms with Crippen molar-refractivity contribution in [1.29, 1.82) is 0 Å². The molecule has 1 amide bonds. The van der Waals surface area contributed by atoms with Crippen molar-refractivity contribution in [1.82, 2.24) is 4.90 Å². The van der Waals surface area contributed by atoms with E-state index in [9.17, 15) is 9.59 Å². The number of nitrogens with zero attached hydrogens (tertiary/aromatic N) is 1. The molecule has 3 aliphatic rings. The number of rotatable bonds is 0. The molecular weight excluding hydrogens is 314 g/mol. The van der Waals surface area contributed by atoms with E-state index in [4.69, 9.17) is 4.74 Å². The lowest BCUT2D eigenvalue weighted by molar-refractivity contribution is -0.134. The highest BCUT2D eigenvalue weighted by Gasteiger charge is 2.52. The lowest BCUT2D eigenvalue weighted by atomic mass is 9.59. The lowest BCUT2D eigenvalue weighted by Crippen LogP contribution is -2.43. The van der Waals surface area contributed by atoms with Crippen LogP contribution in [0.2, 0.25) is 0 Å². The minimum Gasteiger partial charge on any atom is -0.444 e. The molecule has 0 N–H and O–H groups in total. The zero-order chi connectivity index (χ0) is 18.2. The molecule has 4 heteroatoms. The van der Waals surface area contributed by atoms with Gasteiger partial charge < -0.3 is 9.64 Å². The minimum absolute atomic E-state index is 0.212. The second-order valence-corrected chi connectivity index (χ2v) is 9.28. The van der Waals surface area contributed by atoms with Gasteiger partial charge in [-0.15, -0.1) is 0 Å². The van der Waals surface area contributed by atoms with E-state index in [0.717, 1.165) is 45.1 Å². The van der Waals surface area contributed by atoms with E-state index in [1.807, 2.05) is 25.7 Å². The molecule has 1 aliphatic heterocycles. The topological polar surface area (TPSA) is 46.6 Å². The fourth-order valence-corrected chi connectivity index (χ4v) is 5.16. The number of amides is 1. The fourth-order valence-electron chi connectivity index (χ4n) is 5.16. The molecule has 0 aromatic carbocycles. The number of Topliss-reactive ketones (excluding diaryl/α,β-unsaturated/α-hetero) is 1. The minimum atomic E-state index is -0.464. The highest BCUT2D eigenvalue weighted by molar-refractivity contribution is 5.90. The average Bonchev–Trinajstić information content (AvgIpc) is 2.86. The number of hydrogen-bond donors (Lipinski definition) is 0. The third-order valence-corrected chi connectivity index (χ3v) is 6.16. The Bertz CT molecular complexity index is 574. The zero-order valence-electron chi connectivity index (χ0n) is 16.3. The number of ketones is 1. The van der Waals surface area contributed by atoms with Gasteiger partial charge in [-0.1, -0.05) is 18.6 Å². The Morgan fingerprint density at radius 2 is 2.00 bits per heavy atom. The predicted molar refractivity (Wildman–Crippen MR) is 98.3 cm³/mol. The van der Waals surface area contributed by atoms with Crippen molar-refractivity contribution < 1.29 is 14.3 Å². The van der Waals surface area contributed by atoms with Crippen LogP contribution >= 0.6 is 0 Å². The first-order valence-electron chi connectivity index (χ1n) is 9.93. The highest BCUT2D eigenvalue weighted by Crippen LogP contribution is 2.56. The molecule has 25 heavy (non-hydrogen) atoms. The Kier molecular flexibility index (Phi) is 5.00. The maximum absolute atomic E-state index is 13.1. The first-order valence-corrected chi connectivity index (χ1v) is 9.93. The summed E-state index contributed by atoms with van der Waals surface area (Å²) in [5.41, 5.74) is 0.699. The van der Waals surface area contributed by atoms with E-state index in [1.165, 1.54) is 12.0 Å². The molecule has 1 saturated heterocycles. The summed E-state index contributed by atoms with van der Waals surface area (Å²) >= 11 is 0. The molecule has 2 aliphatic carbocycles. The number of carbonyl (C=O) groups excluding carboxylic acids is 2. The van der Waals surface area contributed by atoms with Crippen LogP contribution in [0, 0.1) is 17.3 Å². The molecule has 3 rings (SSSR count). The van der Waals surface area contributed by atoms with Crippen molar-refractivity contribution >= 4 is 11.9 Å². The van der Waals surface area contributed by atoms with Crippen molar-refractivity contribution in [3.63, 3.8) is 0 Å². The molecule has 4 nitrogen and oxygen atoms in total. The molecule has 2 fully saturated rings. The van der Waals surface area contributed by atoms with Gasteiger partial charge in [-0.25, -0.2) is 4.79 Å². The van der Waals surface area contributed by atoms with Crippen LogP contribution in [0.3, 0.4) is 0 Å². The molecule has 3 atom stereocenters. The van der Waals surface area contributed by atoms with Crippen molar-refractivity contribution in [3.8, 4) is 0 Å². The van der Waals surface area contributed by atoms with Gasteiger partial charge in [-0.05, 0) is 71.1 Å².